The standard InChI is InChI=1S/C21H17ClN4O6/c22-16-13-14(25(28)29)5-6-18(16)23-9-11-24(12-10-23)21(27)20-8-7-19(32-20)15-3-1-2-4-17(15)26(30)31/h1-8,13H,9-12H2. The fourth-order valence-electron chi connectivity index (χ4n) is 3.61. The summed E-state index contributed by atoms with van der Waals surface area (Å²) in [6, 6.07) is 13.5. The molecular formula is C21H17ClN4O6. The van der Waals surface area contributed by atoms with Gasteiger partial charge in [0.25, 0.3) is 17.3 Å². The summed E-state index contributed by atoms with van der Waals surface area (Å²) in [4.78, 5) is 37.6. The zero-order valence-electron chi connectivity index (χ0n) is 16.6. The molecule has 1 saturated heterocycles. The molecule has 11 heteroatoms. The van der Waals surface area contributed by atoms with E-state index in [1.807, 2.05) is 4.90 Å². The zero-order valence-corrected chi connectivity index (χ0v) is 17.4. The van der Waals surface area contributed by atoms with E-state index in [9.17, 15) is 25.0 Å². The third kappa shape index (κ3) is 4.12. The normalized spacial score (nSPS) is 13.8. The molecule has 0 atom stereocenters. The number of para-hydroxylation sites is 1. The van der Waals surface area contributed by atoms with Crippen molar-refractivity contribution in [1.29, 1.82) is 0 Å². The lowest BCUT2D eigenvalue weighted by molar-refractivity contribution is -0.384. The zero-order chi connectivity index (χ0) is 22.8. The molecule has 10 nitrogen and oxygen atoms in total. The van der Waals surface area contributed by atoms with Crippen molar-refractivity contribution in [1.82, 2.24) is 4.90 Å². The first kappa shape index (κ1) is 21.3. The number of furan rings is 1. The van der Waals surface area contributed by atoms with Gasteiger partial charge in [0.15, 0.2) is 5.76 Å². The van der Waals surface area contributed by atoms with Gasteiger partial charge in [-0.1, -0.05) is 23.7 Å². The van der Waals surface area contributed by atoms with Crippen molar-refractivity contribution in [3.8, 4) is 11.3 Å². The Morgan fingerprint density at radius 3 is 2.31 bits per heavy atom. The number of hydrogen-bond donors (Lipinski definition) is 0. The van der Waals surface area contributed by atoms with Gasteiger partial charge < -0.3 is 14.2 Å². The van der Waals surface area contributed by atoms with Crippen LogP contribution in [0.4, 0.5) is 17.1 Å². The number of halogens is 1. The number of benzene rings is 2. The average Bonchev–Trinajstić information content (AvgIpc) is 3.29. The summed E-state index contributed by atoms with van der Waals surface area (Å²) in [6.45, 7) is 1.77. The molecule has 0 N–H and O–H groups in total. The van der Waals surface area contributed by atoms with E-state index in [0.717, 1.165) is 0 Å². The summed E-state index contributed by atoms with van der Waals surface area (Å²) in [5.74, 6) is 0.0289. The van der Waals surface area contributed by atoms with Gasteiger partial charge in [-0.2, -0.15) is 0 Å². The second-order valence-corrected chi connectivity index (χ2v) is 7.52. The highest BCUT2D eigenvalue weighted by Gasteiger charge is 2.27. The molecule has 0 spiro atoms. The molecule has 0 aliphatic carbocycles. The Balaban J connectivity index is 1.45. The number of carbonyl (C=O) groups excluding carboxylic acids is 1. The lowest BCUT2D eigenvalue weighted by Crippen LogP contribution is -2.48. The number of nitrogens with zero attached hydrogens (tertiary/aromatic N) is 4. The van der Waals surface area contributed by atoms with Gasteiger partial charge in [-0.05, 0) is 24.3 Å². The molecule has 0 saturated carbocycles. The van der Waals surface area contributed by atoms with Gasteiger partial charge in [-0.3, -0.25) is 25.0 Å². The van der Waals surface area contributed by atoms with Crippen LogP contribution in [0.2, 0.25) is 5.02 Å². The van der Waals surface area contributed by atoms with Gasteiger partial charge in [0.05, 0.1) is 26.1 Å². The highest BCUT2D eigenvalue weighted by Crippen LogP contribution is 2.32. The van der Waals surface area contributed by atoms with Crippen molar-refractivity contribution < 1.29 is 19.1 Å². The van der Waals surface area contributed by atoms with Crippen molar-refractivity contribution in [2.24, 2.45) is 0 Å². The summed E-state index contributed by atoms with van der Waals surface area (Å²) in [7, 11) is 0. The predicted octanol–water partition coefficient (Wildman–Crippen LogP) is 4.38. The fraction of sp³-hybridized carbons (Fsp3) is 0.190. The molecule has 1 aromatic heterocycles. The number of hydrogen-bond acceptors (Lipinski definition) is 7. The summed E-state index contributed by atoms with van der Waals surface area (Å²) >= 11 is 6.21. The van der Waals surface area contributed by atoms with Gasteiger partial charge in [-0.15, -0.1) is 0 Å². The summed E-state index contributed by atoms with van der Waals surface area (Å²) < 4.78 is 5.65. The number of nitro benzene ring substituents is 2. The highest BCUT2D eigenvalue weighted by atomic mass is 35.5. The van der Waals surface area contributed by atoms with Gasteiger partial charge in [0.1, 0.15) is 5.76 Å². The van der Waals surface area contributed by atoms with E-state index in [4.69, 9.17) is 16.0 Å². The van der Waals surface area contributed by atoms with E-state index in [2.05, 4.69) is 0 Å². The van der Waals surface area contributed by atoms with Crippen molar-refractivity contribution in [2.75, 3.05) is 31.1 Å². The van der Waals surface area contributed by atoms with E-state index in [1.54, 1.807) is 35.2 Å². The Morgan fingerprint density at radius 2 is 1.66 bits per heavy atom. The summed E-state index contributed by atoms with van der Waals surface area (Å²) in [6.07, 6.45) is 0. The minimum atomic E-state index is -0.506. The summed E-state index contributed by atoms with van der Waals surface area (Å²) in [5, 5.41) is 22.4. The van der Waals surface area contributed by atoms with Crippen molar-refractivity contribution in [3.05, 3.63) is 85.6 Å². The Kier molecular flexibility index (Phi) is 5.78. The quantitative estimate of drug-likeness (QED) is 0.412. The first-order chi connectivity index (χ1) is 15.3. The first-order valence-electron chi connectivity index (χ1n) is 9.67. The van der Waals surface area contributed by atoms with E-state index >= 15 is 0 Å². The predicted molar refractivity (Wildman–Crippen MR) is 117 cm³/mol. The van der Waals surface area contributed by atoms with Crippen LogP contribution in [0.3, 0.4) is 0 Å². The molecule has 1 fully saturated rings. The Bertz CT molecular complexity index is 1200. The van der Waals surface area contributed by atoms with Crippen LogP contribution >= 0.6 is 11.6 Å². The van der Waals surface area contributed by atoms with Crippen LogP contribution in [0.25, 0.3) is 11.3 Å². The molecular weight excluding hydrogens is 440 g/mol. The van der Waals surface area contributed by atoms with Crippen LogP contribution in [0.1, 0.15) is 10.6 Å². The van der Waals surface area contributed by atoms with Crippen LogP contribution in [0.15, 0.2) is 59.0 Å². The van der Waals surface area contributed by atoms with Crippen LogP contribution in [0, 0.1) is 20.2 Å². The van der Waals surface area contributed by atoms with Gasteiger partial charge in [0, 0.05) is 44.4 Å². The van der Waals surface area contributed by atoms with E-state index in [1.165, 1.54) is 24.3 Å². The molecule has 0 unspecified atom stereocenters. The number of nitro groups is 2. The van der Waals surface area contributed by atoms with Crippen molar-refractivity contribution >= 4 is 34.6 Å². The van der Waals surface area contributed by atoms with E-state index in [0.29, 0.717) is 37.4 Å². The van der Waals surface area contributed by atoms with Crippen molar-refractivity contribution in [2.45, 2.75) is 0 Å². The number of amides is 1. The molecule has 1 amide bonds. The maximum absolute atomic E-state index is 12.9. The largest absolute Gasteiger partial charge is 0.451 e. The minimum Gasteiger partial charge on any atom is -0.451 e. The summed E-state index contributed by atoms with van der Waals surface area (Å²) in [5.41, 5.74) is 0.782. The molecule has 1 aliphatic heterocycles. The maximum Gasteiger partial charge on any atom is 0.289 e. The Morgan fingerprint density at radius 1 is 0.938 bits per heavy atom. The van der Waals surface area contributed by atoms with Gasteiger partial charge in [0.2, 0.25) is 0 Å². The number of piperazine rings is 1. The third-order valence-electron chi connectivity index (χ3n) is 5.23. The monoisotopic (exact) mass is 456 g/mol. The smallest absolute Gasteiger partial charge is 0.289 e. The second-order valence-electron chi connectivity index (χ2n) is 7.11. The molecule has 0 bridgehead atoms. The molecule has 2 aromatic carbocycles. The highest BCUT2D eigenvalue weighted by molar-refractivity contribution is 6.33. The third-order valence-corrected chi connectivity index (χ3v) is 5.54. The molecule has 32 heavy (non-hydrogen) atoms. The lowest BCUT2D eigenvalue weighted by atomic mass is 10.1. The number of carbonyl (C=O) groups is 1. The number of anilines is 1. The lowest BCUT2D eigenvalue weighted by Gasteiger charge is -2.36. The van der Waals surface area contributed by atoms with Gasteiger partial charge >= 0.3 is 0 Å². The fourth-order valence-corrected chi connectivity index (χ4v) is 3.91. The topological polar surface area (TPSA) is 123 Å². The van der Waals surface area contributed by atoms with E-state index in [-0.39, 0.29) is 33.8 Å². The SMILES string of the molecule is O=C(c1ccc(-c2ccccc2[N+](=O)[O-])o1)N1CCN(c2ccc([N+](=O)[O-])cc2Cl)CC1. The average molecular weight is 457 g/mol. The van der Waals surface area contributed by atoms with Crippen LogP contribution in [-0.4, -0.2) is 46.8 Å². The molecule has 3 aromatic rings. The van der Waals surface area contributed by atoms with Gasteiger partial charge in [-0.25, -0.2) is 0 Å². The Labute approximate surface area is 186 Å². The number of non-ortho nitro benzene ring substituents is 1. The maximum atomic E-state index is 12.9. The Hall–Kier alpha value is -3.92. The van der Waals surface area contributed by atoms with Crippen LogP contribution < -0.4 is 4.90 Å². The molecule has 164 valence electrons. The van der Waals surface area contributed by atoms with Crippen molar-refractivity contribution in [3.63, 3.8) is 0 Å². The van der Waals surface area contributed by atoms with Crippen LogP contribution in [-0.2, 0) is 0 Å². The minimum absolute atomic E-state index is 0.0835. The van der Waals surface area contributed by atoms with Crippen LogP contribution in [0.5, 0.6) is 0 Å². The first-order valence-corrected chi connectivity index (χ1v) is 10.0. The number of rotatable bonds is 5. The second kappa shape index (κ2) is 8.67. The molecule has 1 aliphatic rings. The molecule has 2 heterocycles. The molecule has 4 rings (SSSR count). The van der Waals surface area contributed by atoms with E-state index < -0.39 is 9.85 Å². The molecule has 0 radical (unpaired) electrons.